The molecule has 6 rings (SSSR count). The maximum Gasteiger partial charge on any atom is 0.240 e. The molecule has 0 aliphatic carbocycles. The van der Waals surface area contributed by atoms with Gasteiger partial charge in [-0.25, -0.2) is 10.5 Å². The fourth-order valence-electron chi connectivity index (χ4n) is 4.72. The van der Waals surface area contributed by atoms with Crippen molar-refractivity contribution in [3.63, 3.8) is 0 Å². The van der Waals surface area contributed by atoms with Crippen LogP contribution in [0.1, 0.15) is 191 Å². The summed E-state index contributed by atoms with van der Waals surface area (Å²) in [6.07, 6.45) is 4.53. The van der Waals surface area contributed by atoms with Crippen LogP contribution in [0.25, 0.3) is 0 Å². The summed E-state index contributed by atoms with van der Waals surface area (Å²) in [5.41, 5.74) is 8.87. The van der Waals surface area contributed by atoms with Crippen molar-refractivity contribution in [2.24, 2.45) is 22.7 Å². The van der Waals surface area contributed by atoms with Gasteiger partial charge in [-0.15, -0.1) is 0 Å². The summed E-state index contributed by atoms with van der Waals surface area (Å²) in [6.45, 7) is 43.8. The number of hydroxylamine groups is 1. The fourth-order valence-corrected chi connectivity index (χ4v) is 6.25. The molecule has 5 aromatic rings. The monoisotopic (exact) mass is 999 g/mol. The maximum atomic E-state index is 11.4. The van der Waals surface area contributed by atoms with Crippen molar-refractivity contribution in [3.05, 3.63) is 109 Å². The quantitative estimate of drug-likeness (QED) is 0.114. The molecule has 0 bridgehead atoms. The second-order valence-electron chi connectivity index (χ2n) is 18.4. The molecule has 388 valence electrons. The molecule has 2 amide bonds. The Morgan fingerprint density at radius 1 is 0.696 bits per heavy atom. The number of rotatable bonds is 8. The second kappa shape index (κ2) is 35.6. The Morgan fingerprint density at radius 2 is 1.28 bits per heavy atom. The summed E-state index contributed by atoms with van der Waals surface area (Å²) in [6, 6.07) is 4.11. The molecule has 1 aliphatic rings. The predicted octanol–water partition coefficient (Wildman–Crippen LogP) is 12.1. The van der Waals surface area contributed by atoms with Gasteiger partial charge in [0.05, 0.1) is 29.6 Å². The first kappa shape index (κ1) is 65.6. The molecule has 0 radical (unpaired) electrons. The van der Waals surface area contributed by atoms with E-state index in [1.807, 2.05) is 75.3 Å². The molecule has 0 aromatic carbocycles. The lowest BCUT2D eigenvalue weighted by Crippen LogP contribution is -2.22. The number of aromatic amines is 1. The molecule has 0 saturated carbocycles. The van der Waals surface area contributed by atoms with E-state index in [-0.39, 0.29) is 35.0 Å². The first-order chi connectivity index (χ1) is 32.1. The van der Waals surface area contributed by atoms with Crippen LogP contribution >= 0.6 is 23.1 Å². The van der Waals surface area contributed by atoms with E-state index in [4.69, 9.17) is 13.8 Å². The van der Waals surface area contributed by atoms with Crippen LogP contribution in [-0.2, 0) is 14.4 Å². The average molecular weight is 999 g/mol. The van der Waals surface area contributed by atoms with Gasteiger partial charge in [0.25, 0.3) is 0 Å². The summed E-state index contributed by atoms with van der Waals surface area (Å²) in [7, 11) is 3.28. The second-order valence-corrected chi connectivity index (χ2v) is 19.9. The zero-order chi connectivity index (χ0) is 53.6. The minimum atomic E-state index is 0.0972. The van der Waals surface area contributed by atoms with Gasteiger partial charge in [-0.2, -0.15) is 18.8 Å². The van der Waals surface area contributed by atoms with Crippen LogP contribution in [0.5, 0.6) is 0 Å². The minimum absolute atomic E-state index is 0.0972. The molecule has 0 atom stereocenters. The Hall–Kier alpha value is -5.49. The molecule has 0 saturated heterocycles. The van der Waals surface area contributed by atoms with Crippen LogP contribution in [0.4, 0.5) is 0 Å². The number of aromatic nitrogens is 6. The summed E-state index contributed by atoms with van der Waals surface area (Å²) >= 11 is 3.15. The highest BCUT2D eigenvalue weighted by Crippen LogP contribution is 2.20. The number of carbonyl (C=O) groups excluding carboxylic acids is 2. The molecule has 1 aliphatic heterocycles. The van der Waals surface area contributed by atoms with E-state index in [0.29, 0.717) is 41.0 Å². The van der Waals surface area contributed by atoms with Crippen molar-refractivity contribution in [3.8, 4) is 0 Å². The van der Waals surface area contributed by atoms with Gasteiger partial charge < -0.3 is 24.4 Å². The Morgan fingerprint density at radius 3 is 1.49 bits per heavy atom. The lowest BCUT2D eigenvalue weighted by molar-refractivity contribution is -0.124. The number of carbonyl (C=O) groups is 2. The highest BCUT2D eigenvalue weighted by molar-refractivity contribution is 7.05. The van der Waals surface area contributed by atoms with Gasteiger partial charge in [-0.3, -0.25) is 19.5 Å². The Kier molecular flexibility index (Phi) is 33.8. The molecule has 0 unspecified atom stereocenters. The molecule has 4 N–H and O–H groups in total. The largest absolute Gasteiger partial charge is 0.472 e. The lowest BCUT2D eigenvalue weighted by Gasteiger charge is -2.02. The van der Waals surface area contributed by atoms with Gasteiger partial charge in [0.2, 0.25) is 17.7 Å². The van der Waals surface area contributed by atoms with E-state index in [1.54, 1.807) is 44.1 Å². The van der Waals surface area contributed by atoms with Crippen molar-refractivity contribution < 1.29 is 23.4 Å². The molecule has 0 fully saturated rings. The van der Waals surface area contributed by atoms with Gasteiger partial charge in [0.1, 0.15) is 23.7 Å². The molecule has 16 nitrogen and oxygen atoms in total. The van der Waals surface area contributed by atoms with Crippen molar-refractivity contribution in [2.75, 3.05) is 14.1 Å². The number of nitrogens with zero attached hydrogens (tertiary/aromatic N) is 6. The molecule has 0 spiro atoms. The Bertz CT molecular complexity index is 2170. The SMILES string of the molecule is C=C1N=C(C(C)C)NO1.CC(C)c1ncn[nH]1.CNC(=O)C(C)C.CNC(=O)C(C)C.Cc1cc(C(C)C)on1.Cc1cc(C(C)C)sn1.Cc1cocc(C(C)C)c1=O.Cc1csnc1C(C)C. The highest BCUT2D eigenvalue weighted by atomic mass is 32.1. The third kappa shape index (κ3) is 29.2. The smallest absolute Gasteiger partial charge is 0.240 e. The molecule has 18 heteroatoms. The van der Waals surface area contributed by atoms with Gasteiger partial charge in [0.15, 0.2) is 5.43 Å². The Balaban J connectivity index is 0. The van der Waals surface area contributed by atoms with Crippen LogP contribution in [0.15, 0.2) is 67.6 Å². The van der Waals surface area contributed by atoms with Gasteiger partial charge in [0, 0.05) is 71.1 Å². The average Bonchev–Trinajstić information content (AvgIpc) is 4.15. The number of hydrogen-bond donors (Lipinski definition) is 4. The molecule has 6 heterocycles. The van der Waals surface area contributed by atoms with Crippen molar-refractivity contribution >= 4 is 40.7 Å². The maximum absolute atomic E-state index is 11.4. The van der Waals surface area contributed by atoms with Crippen LogP contribution in [0.2, 0.25) is 0 Å². The number of aryl methyl sites for hydroxylation is 4. The van der Waals surface area contributed by atoms with Crippen LogP contribution in [0, 0.1) is 45.4 Å². The van der Waals surface area contributed by atoms with E-state index in [2.05, 4.69) is 131 Å². The fraction of sp³-hybridized carbons (Fsp3) is 0.588. The van der Waals surface area contributed by atoms with Gasteiger partial charge in [-0.05, 0) is 86.7 Å². The van der Waals surface area contributed by atoms with Crippen molar-refractivity contribution in [1.82, 2.24) is 45.2 Å². The third-order valence-electron chi connectivity index (χ3n) is 9.03. The first-order valence-electron chi connectivity index (χ1n) is 23.4. The van der Waals surface area contributed by atoms with Crippen LogP contribution in [-0.4, -0.2) is 60.8 Å². The topological polar surface area (TPSA) is 215 Å². The van der Waals surface area contributed by atoms with Crippen LogP contribution in [0.3, 0.4) is 0 Å². The van der Waals surface area contributed by atoms with E-state index in [1.165, 1.54) is 35.0 Å². The number of nitrogens with one attached hydrogen (secondary N) is 4. The number of hydrogen-bond acceptors (Lipinski definition) is 15. The zero-order valence-electron chi connectivity index (χ0n) is 45.7. The minimum Gasteiger partial charge on any atom is -0.472 e. The Labute approximate surface area is 421 Å². The molecule has 5 aromatic heterocycles. The lowest BCUT2D eigenvalue weighted by atomic mass is 10.0. The van der Waals surface area contributed by atoms with Gasteiger partial charge in [-0.1, -0.05) is 116 Å². The predicted molar refractivity (Wildman–Crippen MR) is 285 cm³/mol. The van der Waals surface area contributed by atoms with Crippen LogP contribution < -0.4 is 21.5 Å². The first-order valence-corrected chi connectivity index (χ1v) is 25.0. The zero-order valence-corrected chi connectivity index (χ0v) is 47.4. The number of aliphatic imine (C=N–C) groups is 1. The summed E-state index contributed by atoms with van der Waals surface area (Å²) in [5.74, 6) is 6.37. The number of amides is 2. The third-order valence-corrected chi connectivity index (χ3v) is 11.0. The van der Waals surface area contributed by atoms with E-state index >= 15 is 0 Å². The van der Waals surface area contributed by atoms with Crippen molar-refractivity contribution in [1.29, 1.82) is 0 Å². The van der Waals surface area contributed by atoms with E-state index in [9.17, 15) is 14.4 Å². The van der Waals surface area contributed by atoms with E-state index in [0.717, 1.165) is 34.4 Å². The molecular weight excluding hydrogens is 913 g/mol. The van der Waals surface area contributed by atoms with E-state index < -0.39 is 0 Å². The van der Waals surface area contributed by atoms with Gasteiger partial charge >= 0.3 is 0 Å². The number of amidine groups is 1. The standard InChI is InChI=1S/C9H12O2.C7H11NO.2C7H11NS.C6H10N2O.C5H9N3.2C5H11NO/c1-6(2)8-5-11-4-7(3)9(8)10;1-5(2)7-4-6(3)8-9-7;1-5(2)7-6(3)4-9-8-7;1-5(2)7-4-6(3)8-9-7;1-4(2)6-7-5(3)9-8-6;1-4(2)5-6-3-7-8-5;2*1-4(2)5(7)6-3/h4-6H,1-3H3;3*4-5H,1-3H3;4H,3H2,1-2H3,(H,7,8);3-4H,1-2H3,(H,6,7,8);2*4H,1-3H3,(H,6,7). The number of H-pyrrole nitrogens is 1. The molecule has 69 heavy (non-hydrogen) atoms. The van der Waals surface area contributed by atoms with Crippen molar-refractivity contribution in [2.45, 2.75) is 168 Å². The highest BCUT2D eigenvalue weighted by Gasteiger charge is 2.12. The summed E-state index contributed by atoms with van der Waals surface area (Å²) in [5, 5.41) is 17.4. The molecular formula is C51H86N10O6S2. The summed E-state index contributed by atoms with van der Waals surface area (Å²) in [4.78, 5) is 46.2. The normalized spacial score (nSPS) is 11.2. The summed E-state index contributed by atoms with van der Waals surface area (Å²) < 4.78 is 18.4.